The summed E-state index contributed by atoms with van der Waals surface area (Å²) in [7, 11) is 0. The number of thioether (sulfide) groups is 1. The third-order valence-electron chi connectivity index (χ3n) is 3.33. The van der Waals surface area contributed by atoms with Crippen LogP contribution in [0, 0.1) is 0 Å². The van der Waals surface area contributed by atoms with Crippen molar-refractivity contribution in [3.05, 3.63) is 36.0 Å². The summed E-state index contributed by atoms with van der Waals surface area (Å²) in [5.74, 6) is 2.95. The molecule has 2 aromatic rings. The molecule has 1 aliphatic rings. The number of para-hydroxylation sites is 1. The first-order chi connectivity index (χ1) is 9.33. The van der Waals surface area contributed by atoms with Crippen molar-refractivity contribution in [1.82, 2.24) is 9.88 Å². The van der Waals surface area contributed by atoms with Crippen molar-refractivity contribution in [1.29, 1.82) is 0 Å². The number of hydrogen-bond acceptors (Lipinski definition) is 2. The molecule has 1 saturated heterocycles. The van der Waals surface area contributed by atoms with E-state index < -0.39 is 0 Å². The lowest BCUT2D eigenvalue weighted by Crippen LogP contribution is -2.42. The predicted octanol–water partition coefficient (Wildman–Crippen LogP) is 2.65. The Morgan fingerprint density at radius 2 is 2.05 bits per heavy atom. The Morgan fingerprint density at radius 1 is 1.30 bits per heavy atom. The minimum Gasteiger partial charge on any atom is -0.370 e. The van der Waals surface area contributed by atoms with Gasteiger partial charge in [-0.1, -0.05) is 18.2 Å². The molecule has 4 nitrogen and oxygen atoms in total. The van der Waals surface area contributed by atoms with E-state index >= 15 is 0 Å². The van der Waals surface area contributed by atoms with E-state index in [1.54, 1.807) is 0 Å². The van der Waals surface area contributed by atoms with E-state index in [-0.39, 0.29) is 24.0 Å². The molecule has 3 rings (SSSR count). The number of hydrogen-bond donors (Lipinski definition) is 2. The highest BCUT2D eigenvalue weighted by molar-refractivity contribution is 14.0. The van der Waals surface area contributed by atoms with Gasteiger partial charge in [0.05, 0.1) is 6.54 Å². The van der Waals surface area contributed by atoms with Crippen LogP contribution in [0.2, 0.25) is 0 Å². The number of benzene rings is 1. The number of fused-ring (bicyclic) bond motifs is 1. The monoisotopic (exact) mass is 402 g/mol. The molecular weight excluding hydrogens is 383 g/mol. The van der Waals surface area contributed by atoms with E-state index in [0.717, 1.165) is 35.8 Å². The maximum absolute atomic E-state index is 6.04. The Balaban J connectivity index is 0.00000147. The van der Waals surface area contributed by atoms with Gasteiger partial charge in [0.2, 0.25) is 0 Å². The van der Waals surface area contributed by atoms with Gasteiger partial charge in [-0.2, -0.15) is 11.8 Å². The lowest BCUT2D eigenvalue weighted by molar-refractivity contribution is 0.455. The van der Waals surface area contributed by atoms with E-state index in [0.29, 0.717) is 12.5 Å². The minimum absolute atomic E-state index is 0. The summed E-state index contributed by atoms with van der Waals surface area (Å²) in [6.07, 6.45) is 0. The number of aromatic nitrogens is 1. The molecule has 0 atom stereocenters. The van der Waals surface area contributed by atoms with Crippen LogP contribution in [0.25, 0.3) is 10.9 Å². The van der Waals surface area contributed by atoms with Gasteiger partial charge in [-0.15, -0.1) is 24.0 Å². The summed E-state index contributed by atoms with van der Waals surface area (Å²) in [5.41, 5.74) is 8.30. The van der Waals surface area contributed by atoms with Crippen LogP contribution in [0.4, 0.5) is 0 Å². The standard InChI is InChI=1S/C14H18N4S.HI/c15-14(18-5-7-19-8-6-18)16-10-12-9-11-3-1-2-4-13(11)17-12;/h1-4,9,17H,5-8,10H2,(H2,15,16);1H. The second kappa shape index (κ2) is 7.21. The molecule has 1 aromatic carbocycles. The van der Waals surface area contributed by atoms with Crippen LogP contribution in [-0.2, 0) is 6.54 Å². The molecule has 1 aliphatic heterocycles. The second-order valence-corrected chi connectivity index (χ2v) is 5.88. The van der Waals surface area contributed by atoms with Crippen molar-refractivity contribution >= 4 is 52.6 Å². The SMILES string of the molecule is I.NC(=NCc1cc2ccccc2[nH]1)N1CCSCC1. The highest BCUT2D eigenvalue weighted by Gasteiger charge is 2.11. The number of nitrogens with zero attached hydrogens (tertiary/aromatic N) is 2. The first-order valence-corrected chi connectivity index (χ1v) is 7.67. The average molecular weight is 402 g/mol. The number of nitrogens with one attached hydrogen (secondary N) is 1. The molecular formula is C14H19IN4S. The van der Waals surface area contributed by atoms with Gasteiger partial charge < -0.3 is 15.6 Å². The molecule has 0 aliphatic carbocycles. The molecule has 6 heteroatoms. The van der Waals surface area contributed by atoms with Crippen molar-refractivity contribution in [3.8, 4) is 0 Å². The van der Waals surface area contributed by atoms with Gasteiger partial charge >= 0.3 is 0 Å². The topological polar surface area (TPSA) is 57.4 Å². The van der Waals surface area contributed by atoms with Crippen LogP contribution in [0.1, 0.15) is 5.69 Å². The third kappa shape index (κ3) is 3.60. The summed E-state index contributed by atoms with van der Waals surface area (Å²) in [6, 6.07) is 10.4. The molecule has 2 heterocycles. The van der Waals surface area contributed by atoms with Gasteiger partial charge in [-0.25, -0.2) is 4.99 Å². The maximum Gasteiger partial charge on any atom is 0.191 e. The van der Waals surface area contributed by atoms with Crippen molar-refractivity contribution in [3.63, 3.8) is 0 Å². The first-order valence-electron chi connectivity index (χ1n) is 6.52. The van der Waals surface area contributed by atoms with Gasteiger partial charge in [0.15, 0.2) is 5.96 Å². The van der Waals surface area contributed by atoms with Crippen LogP contribution >= 0.6 is 35.7 Å². The molecule has 3 N–H and O–H groups in total. The predicted molar refractivity (Wildman–Crippen MR) is 97.9 cm³/mol. The van der Waals surface area contributed by atoms with Crippen molar-refractivity contribution < 1.29 is 0 Å². The molecule has 0 bridgehead atoms. The van der Waals surface area contributed by atoms with Crippen LogP contribution < -0.4 is 5.73 Å². The number of aliphatic imine (C=N–C) groups is 1. The maximum atomic E-state index is 6.04. The Labute approximate surface area is 140 Å². The average Bonchev–Trinajstić information content (AvgIpc) is 2.88. The summed E-state index contributed by atoms with van der Waals surface area (Å²) in [4.78, 5) is 10.0. The molecule has 0 saturated carbocycles. The van der Waals surface area contributed by atoms with Crippen molar-refractivity contribution in [2.24, 2.45) is 10.7 Å². The lowest BCUT2D eigenvalue weighted by Gasteiger charge is -2.27. The second-order valence-electron chi connectivity index (χ2n) is 4.66. The lowest BCUT2D eigenvalue weighted by atomic mass is 10.2. The van der Waals surface area contributed by atoms with Crippen LogP contribution in [-0.4, -0.2) is 40.4 Å². The van der Waals surface area contributed by atoms with Gasteiger partial charge in [-0.05, 0) is 17.5 Å². The van der Waals surface area contributed by atoms with Crippen LogP contribution in [0.3, 0.4) is 0 Å². The molecule has 0 spiro atoms. The highest BCUT2D eigenvalue weighted by atomic mass is 127. The van der Waals surface area contributed by atoms with E-state index in [1.165, 1.54) is 5.39 Å². The highest BCUT2D eigenvalue weighted by Crippen LogP contribution is 2.15. The fourth-order valence-electron chi connectivity index (χ4n) is 2.28. The van der Waals surface area contributed by atoms with E-state index in [4.69, 9.17) is 5.73 Å². The molecule has 1 aromatic heterocycles. The fourth-order valence-corrected chi connectivity index (χ4v) is 3.18. The zero-order valence-corrected chi connectivity index (χ0v) is 14.4. The van der Waals surface area contributed by atoms with Gasteiger partial charge in [-0.3, -0.25) is 0 Å². The molecule has 0 amide bonds. The molecule has 1 fully saturated rings. The third-order valence-corrected chi connectivity index (χ3v) is 4.27. The number of nitrogens with two attached hydrogens (primary N) is 1. The van der Waals surface area contributed by atoms with E-state index in [1.807, 2.05) is 23.9 Å². The molecule has 108 valence electrons. The summed E-state index contributed by atoms with van der Waals surface area (Å²) in [5, 5.41) is 1.22. The zero-order valence-electron chi connectivity index (χ0n) is 11.2. The Bertz CT molecular complexity index is 557. The smallest absolute Gasteiger partial charge is 0.191 e. The van der Waals surface area contributed by atoms with Gasteiger partial charge in [0.1, 0.15) is 0 Å². The Kier molecular flexibility index (Phi) is 5.59. The quantitative estimate of drug-likeness (QED) is 0.462. The largest absolute Gasteiger partial charge is 0.370 e. The van der Waals surface area contributed by atoms with E-state index in [9.17, 15) is 0 Å². The number of H-pyrrole nitrogens is 1. The van der Waals surface area contributed by atoms with Crippen LogP contribution in [0.15, 0.2) is 35.3 Å². The van der Waals surface area contributed by atoms with Crippen molar-refractivity contribution in [2.45, 2.75) is 6.54 Å². The minimum atomic E-state index is 0. The number of aromatic amines is 1. The zero-order chi connectivity index (χ0) is 13.1. The summed E-state index contributed by atoms with van der Waals surface area (Å²) >= 11 is 1.98. The van der Waals surface area contributed by atoms with Crippen LogP contribution in [0.5, 0.6) is 0 Å². The molecule has 20 heavy (non-hydrogen) atoms. The summed E-state index contributed by atoms with van der Waals surface area (Å²) in [6.45, 7) is 2.63. The first kappa shape index (κ1) is 15.5. The van der Waals surface area contributed by atoms with E-state index in [2.05, 4.69) is 33.1 Å². The number of halogens is 1. The van der Waals surface area contributed by atoms with Crippen molar-refractivity contribution in [2.75, 3.05) is 24.6 Å². The Hall–Kier alpha value is -0.890. The fraction of sp³-hybridized carbons (Fsp3) is 0.357. The molecule has 0 radical (unpaired) electrons. The summed E-state index contributed by atoms with van der Waals surface area (Å²) < 4.78 is 0. The number of rotatable bonds is 2. The Morgan fingerprint density at radius 3 is 2.80 bits per heavy atom. The molecule has 0 unspecified atom stereocenters. The van der Waals surface area contributed by atoms with Gasteiger partial charge in [0.25, 0.3) is 0 Å². The van der Waals surface area contributed by atoms with Gasteiger partial charge in [0, 0.05) is 35.8 Å². The normalized spacial score (nSPS) is 16.2. The number of guanidine groups is 1.